The van der Waals surface area contributed by atoms with E-state index in [1.54, 1.807) is 0 Å². The Hall–Kier alpha value is -0.810. The van der Waals surface area contributed by atoms with Crippen molar-refractivity contribution in [3.8, 4) is 0 Å². The molecule has 2 fully saturated rings. The molecule has 0 radical (unpaired) electrons. The van der Waals surface area contributed by atoms with Crippen molar-refractivity contribution >= 4 is 5.96 Å². The Balaban J connectivity index is 1.67. The van der Waals surface area contributed by atoms with E-state index in [2.05, 4.69) is 10.4 Å². The fourth-order valence-electron chi connectivity index (χ4n) is 2.29. The molecule has 0 aliphatic heterocycles. The van der Waals surface area contributed by atoms with Crippen molar-refractivity contribution in [1.82, 2.24) is 10.3 Å². The molecule has 0 saturated heterocycles. The van der Waals surface area contributed by atoms with Gasteiger partial charge in [0.2, 0.25) is 5.96 Å². The number of ether oxygens (including phenoxy) is 1. The molecule has 0 bridgehead atoms. The van der Waals surface area contributed by atoms with Crippen molar-refractivity contribution < 1.29 is 4.74 Å². The molecule has 18 heavy (non-hydrogen) atoms. The van der Waals surface area contributed by atoms with E-state index in [9.17, 15) is 0 Å². The minimum absolute atomic E-state index is 0.450. The summed E-state index contributed by atoms with van der Waals surface area (Å²) in [6.07, 6.45) is 7.65. The number of nitrogens with one attached hydrogen (secondary N) is 1. The molecule has 2 aliphatic rings. The maximum absolute atomic E-state index is 5.63. The first-order chi connectivity index (χ1) is 8.79. The van der Waals surface area contributed by atoms with Crippen LogP contribution in [0.2, 0.25) is 0 Å². The molecular formula is C13H26N4O. The lowest BCUT2D eigenvalue weighted by Crippen LogP contribution is -2.44. The SMILES string of the molecule is CN(CCOCC1CC1)C(=NC1CCCC1)NN. The van der Waals surface area contributed by atoms with Crippen LogP contribution in [0.1, 0.15) is 38.5 Å². The van der Waals surface area contributed by atoms with Crippen LogP contribution in [0.5, 0.6) is 0 Å². The van der Waals surface area contributed by atoms with Gasteiger partial charge in [-0.2, -0.15) is 0 Å². The van der Waals surface area contributed by atoms with Crippen LogP contribution < -0.4 is 11.3 Å². The van der Waals surface area contributed by atoms with Crippen molar-refractivity contribution in [3.63, 3.8) is 0 Å². The molecule has 0 aromatic carbocycles. The number of rotatable bonds is 6. The zero-order valence-electron chi connectivity index (χ0n) is 11.4. The Labute approximate surface area is 110 Å². The lowest BCUT2D eigenvalue weighted by Gasteiger charge is -2.21. The number of nitrogens with zero attached hydrogens (tertiary/aromatic N) is 2. The van der Waals surface area contributed by atoms with Gasteiger partial charge in [-0.25, -0.2) is 10.8 Å². The van der Waals surface area contributed by atoms with Gasteiger partial charge < -0.3 is 9.64 Å². The summed E-state index contributed by atoms with van der Waals surface area (Å²) in [7, 11) is 2.01. The fraction of sp³-hybridized carbons (Fsp3) is 0.923. The zero-order chi connectivity index (χ0) is 12.8. The van der Waals surface area contributed by atoms with Crippen molar-refractivity contribution in [2.45, 2.75) is 44.6 Å². The summed E-state index contributed by atoms with van der Waals surface area (Å²) in [6.45, 7) is 2.50. The van der Waals surface area contributed by atoms with E-state index in [0.29, 0.717) is 6.04 Å². The van der Waals surface area contributed by atoms with Crippen LogP contribution in [0.15, 0.2) is 4.99 Å². The normalized spacial score (nSPS) is 21.3. The molecule has 0 aromatic heterocycles. The van der Waals surface area contributed by atoms with Gasteiger partial charge in [0.25, 0.3) is 0 Å². The zero-order valence-corrected chi connectivity index (χ0v) is 11.4. The summed E-state index contributed by atoms with van der Waals surface area (Å²) in [4.78, 5) is 6.72. The Kier molecular flexibility index (Phi) is 5.26. The number of likely N-dealkylation sites (N-methyl/N-ethyl adjacent to an activating group) is 1. The minimum atomic E-state index is 0.450. The molecule has 5 nitrogen and oxygen atoms in total. The number of hydrogen-bond donors (Lipinski definition) is 2. The molecule has 2 aliphatic carbocycles. The van der Waals surface area contributed by atoms with Gasteiger partial charge in [-0.3, -0.25) is 5.43 Å². The van der Waals surface area contributed by atoms with Gasteiger partial charge in [0, 0.05) is 20.2 Å². The van der Waals surface area contributed by atoms with Crippen LogP contribution >= 0.6 is 0 Å². The summed E-state index contributed by atoms with van der Waals surface area (Å²) in [5, 5.41) is 0. The largest absolute Gasteiger partial charge is 0.379 e. The topological polar surface area (TPSA) is 62.9 Å². The number of guanidine groups is 1. The molecule has 0 spiro atoms. The van der Waals surface area contributed by atoms with Gasteiger partial charge in [-0.1, -0.05) is 12.8 Å². The molecule has 3 N–H and O–H groups in total. The van der Waals surface area contributed by atoms with E-state index in [-0.39, 0.29) is 0 Å². The Morgan fingerprint density at radius 2 is 2.06 bits per heavy atom. The van der Waals surface area contributed by atoms with Gasteiger partial charge in [-0.15, -0.1) is 0 Å². The van der Waals surface area contributed by atoms with E-state index in [1.807, 2.05) is 11.9 Å². The van der Waals surface area contributed by atoms with Gasteiger partial charge >= 0.3 is 0 Å². The first-order valence-corrected chi connectivity index (χ1v) is 7.13. The number of hydrazine groups is 1. The monoisotopic (exact) mass is 254 g/mol. The average molecular weight is 254 g/mol. The van der Waals surface area contributed by atoms with Crippen LogP contribution in [0.3, 0.4) is 0 Å². The Morgan fingerprint density at radius 3 is 2.67 bits per heavy atom. The van der Waals surface area contributed by atoms with Gasteiger partial charge in [-0.05, 0) is 31.6 Å². The number of nitrogens with two attached hydrogens (primary N) is 1. The smallest absolute Gasteiger partial charge is 0.208 e. The second kappa shape index (κ2) is 6.95. The first-order valence-electron chi connectivity index (χ1n) is 7.13. The van der Waals surface area contributed by atoms with E-state index >= 15 is 0 Å². The fourth-order valence-corrected chi connectivity index (χ4v) is 2.29. The standard InChI is InChI=1S/C13H26N4O/c1-17(8-9-18-10-11-6-7-11)13(16-14)15-12-4-2-3-5-12/h11-12H,2-10,14H2,1H3,(H,15,16). The second-order valence-corrected chi connectivity index (χ2v) is 5.48. The lowest BCUT2D eigenvalue weighted by atomic mass is 10.3. The van der Waals surface area contributed by atoms with E-state index in [1.165, 1.54) is 38.5 Å². The van der Waals surface area contributed by atoms with Crippen molar-refractivity contribution in [2.24, 2.45) is 16.8 Å². The molecule has 0 unspecified atom stereocenters. The van der Waals surface area contributed by atoms with Crippen LogP contribution in [-0.4, -0.2) is 43.7 Å². The van der Waals surface area contributed by atoms with Crippen LogP contribution in [-0.2, 0) is 4.74 Å². The van der Waals surface area contributed by atoms with E-state index in [0.717, 1.165) is 31.6 Å². The van der Waals surface area contributed by atoms with Gasteiger partial charge in [0.15, 0.2) is 0 Å². The molecule has 0 heterocycles. The molecule has 2 rings (SSSR count). The summed E-state index contributed by atoms with van der Waals surface area (Å²) in [5.74, 6) is 7.17. The second-order valence-electron chi connectivity index (χ2n) is 5.48. The summed E-state index contributed by atoms with van der Waals surface area (Å²) >= 11 is 0. The number of hydrogen-bond acceptors (Lipinski definition) is 3. The maximum Gasteiger partial charge on any atom is 0.208 e. The maximum atomic E-state index is 5.63. The molecule has 0 aromatic rings. The highest BCUT2D eigenvalue weighted by molar-refractivity contribution is 5.79. The highest BCUT2D eigenvalue weighted by Gasteiger charge is 2.21. The third-order valence-electron chi connectivity index (χ3n) is 3.74. The van der Waals surface area contributed by atoms with Crippen LogP contribution in [0.25, 0.3) is 0 Å². The van der Waals surface area contributed by atoms with Gasteiger partial charge in [0.1, 0.15) is 0 Å². The quantitative estimate of drug-likeness (QED) is 0.245. The highest BCUT2D eigenvalue weighted by atomic mass is 16.5. The minimum Gasteiger partial charge on any atom is -0.379 e. The van der Waals surface area contributed by atoms with Crippen molar-refractivity contribution in [2.75, 3.05) is 26.8 Å². The molecule has 0 amide bonds. The van der Waals surface area contributed by atoms with Crippen molar-refractivity contribution in [3.05, 3.63) is 0 Å². The van der Waals surface area contributed by atoms with Crippen LogP contribution in [0, 0.1) is 5.92 Å². The molecular weight excluding hydrogens is 228 g/mol. The van der Waals surface area contributed by atoms with E-state index in [4.69, 9.17) is 10.6 Å². The summed E-state index contributed by atoms with van der Waals surface area (Å²) < 4.78 is 5.63. The Bertz CT molecular complexity index is 272. The molecule has 104 valence electrons. The molecule has 5 heteroatoms. The first kappa shape index (κ1) is 13.6. The predicted octanol–water partition coefficient (Wildman–Crippen LogP) is 1.11. The average Bonchev–Trinajstić information content (AvgIpc) is 3.06. The molecule has 0 atom stereocenters. The number of aliphatic imine (C=N–C) groups is 1. The Morgan fingerprint density at radius 1 is 1.33 bits per heavy atom. The summed E-state index contributed by atoms with van der Waals surface area (Å²) in [6, 6.07) is 0.450. The van der Waals surface area contributed by atoms with Crippen LogP contribution in [0.4, 0.5) is 0 Å². The van der Waals surface area contributed by atoms with E-state index < -0.39 is 0 Å². The predicted molar refractivity (Wildman–Crippen MR) is 73.2 cm³/mol. The van der Waals surface area contributed by atoms with Crippen molar-refractivity contribution in [1.29, 1.82) is 0 Å². The highest BCUT2D eigenvalue weighted by Crippen LogP contribution is 2.28. The third kappa shape index (κ3) is 4.46. The summed E-state index contributed by atoms with van der Waals surface area (Å²) in [5.41, 5.74) is 2.71. The van der Waals surface area contributed by atoms with Gasteiger partial charge in [0.05, 0.1) is 12.6 Å². The molecule has 2 saturated carbocycles. The lowest BCUT2D eigenvalue weighted by molar-refractivity contribution is 0.115. The third-order valence-corrected chi connectivity index (χ3v) is 3.74.